The highest BCUT2D eigenvalue weighted by molar-refractivity contribution is 6.04. The first-order valence-corrected chi connectivity index (χ1v) is 8.60. The molecule has 3 rings (SSSR count). The number of carbonyl (C=O) groups excluding carboxylic acids is 3. The zero-order valence-electron chi connectivity index (χ0n) is 15.2. The molecular weight excluding hydrogens is 356 g/mol. The molecule has 0 atom stereocenters. The van der Waals surface area contributed by atoms with Crippen molar-refractivity contribution in [2.45, 2.75) is 13.5 Å². The van der Waals surface area contributed by atoms with Crippen molar-refractivity contribution < 1.29 is 14.4 Å². The predicted octanol–water partition coefficient (Wildman–Crippen LogP) is 2.86. The maximum atomic E-state index is 12.4. The molecule has 0 aliphatic heterocycles. The Morgan fingerprint density at radius 1 is 0.893 bits per heavy atom. The molecule has 1 aromatic carbocycles. The van der Waals surface area contributed by atoms with Crippen molar-refractivity contribution in [2.24, 2.45) is 0 Å². The molecule has 7 heteroatoms. The number of anilines is 1. The van der Waals surface area contributed by atoms with Gasteiger partial charge in [-0.1, -0.05) is 24.3 Å². The number of rotatable bonds is 6. The second-order valence-electron chi connectivity index (χ2n) is 6.00. The fourth-order valence-corrected chi connectivity index (χ4v) is 2.46. The number of nitrogens with zero attached hydrogens (tertiary/aromatic N) is 2. The van der Waals surface area contributed by atoms with Gasteiger partial charge in [0.1, 0.15) is 11.4 Å². The second kappa shape index (κ2) is 8.68. The zero-order valence-corrected chi connectivity index (χ0v) is 15.2. The number of hydrogen-bond acceptors (Lipinski definition) is 5. The maximum absolute atomic E-state index is 12.4. The average molecular weight is 374 g/mol. The molecule has 0 aliphatic carbocycles. The fraction of sp³-hybridized carbons (Fsp3) is 0.0952. The Hall–Kier alpha value is -3.87. The Balaban J connectivity index is 1.68. The van der Waals surface area contributed by atoms with Gasteiger partial charge in [0.15, 0.2) is 5.78 Å². The van der Waals surface area contributed by atoms with E-state index in [-0.39, 0.29) is 23.7 Å². The van der Waals surface area contributed by atoms with E-state index in [1.54, 1.807) is 48.7 Å². The number of aromatic nitrogens is 2. The Bertz CT molecular complexity index is 1020. The monoisotopic (exact) mass is 374 g/mol. The van der Waals surface area contributed by atoms with Gasteiger partial charge in [-0.3, -0.25) is 19.4 Å². The third kappa shape index (κ3) is 4.85. The highest BCUT2D eigenvalue weighted by Gasteiger charge is 2.13. The maximum Gasteiger partial charge on any atom is 0.274 e. The van der Waals surface area contributed by atoms with E-state index in [2.05, 4.69) is 20.6 Å². The largest absolute Gasteiger partial charge is 0.345 e. The molecule has 0 aliphatic rings. The lowest BCUT2D eigenvalue weighted by atomic mass is 10.1. The van der Waals surface area contributed by atoms with Crippen molar-refractivity contribution in [2.75, 3.05) is 5.32 Å². The number of hydrogen-bond donors (Lipinski definition) is 2. The first-order valence-electron chi connectivity index (χ1n) is 8.60. The molecule has 2 N–H and O–H groups in total. The standard InChI is InChI=1S/C21H18N4O3/c1-14(26)15-6-4-8-16(12-15)24-21(28)19-10-5-9-18(25-19)20(27)23-13-17-7-2-3-11-22-17/h2-12H,13H2,1H3,(H,23,27)(H,24,28). The molecule has 0 saturated carbocycles. The third-order valence-electron chi connectivity index (χ3n) is 3.90. The molecular formula is C21H18N4O3. The van der Waals surface area contributed by atoms with Gasteiger partial charge in [-0.25, -0.2) is 4.98 Å². The molecule has 140 valence electrons. The van der Waals surface area contributed by atoms with Gasteiger partial charge in [0.2, 0.25) is 0 Å². The normalized spacial score (nSPS) is 10.2. The van der Waals surface area contributed by atoms with Gasteiger partial charge in [-0.15, -0.1) is 0 Å². The Morgan fingerprint density at radius 3 is 2.36 bits per heavy atom. The van der Waals surface area contributed by atoms with Crippen molar-refractivity contribution in [3.8, 4) is 0 Å². The van der Waals surface area contributed by atoms with Crippen LogP contribution in [-0.2, 0) is 6.54 Å². The molecule has 0 saturated heterocycles. The first-order chi connectivity index (χ1) is 13.5. The lowest BCUT2D eigenvalue weighted by Crippen LogP contribution is -2.25. The lowest BCUT2D eigenvalue weighted by Gasteiger charge is -2.08. The molecule has 0 spiro atoms. The van der Waals surface area contributed by atoms with E-state index in [0.717, 1.165) is 5.69 Å². The molecule has 28 heavy (non-hydrogen) atoms. The highest BCUT2D eigenvalue weighted by Crippen LogP contribution is 2.12. The zero-order chi connectivity index (χ0) is 19.9. The van der Waals surface area contributed by atoms with E-state index in [0.29, 0.717) is 11.3 Å². The number of ketones is 1. The van der Waals surface area contributed by atoms with E-state index >= 15 is 0 Å². The molecule has 2 heterocycles. The summed E-state index contributed by atoms with van der Waals surface area (Å²) in [6.07, 6.45) is 1.64. The van der Waals surface area contributed by atoms with Crippen LogP contribution in [0, 0.1) is 0 Å². The number of carbonyl (C=O) groups is 3. The number of amides is 2. The molecule has 0 bridgehead atoms. The van der Waals surface area contributed by atoms with Crippen LogP contribution in [-0.4, -0.2) is 27.6 Å². The summed E-state index contributed by atoms with van der Waals surface area (Å²) in [5.41, 5.74) is 1.91. The van der Waals surface area contributed by atoms with Gasteiger partial charge in [0.05, 0.1) is 12.2 Å². The number of benzene rings is 1. The predicted molar refractivity (Wildman–Crippen MR) is 104 cm³/mol. The Kier molecular flexibility index (Phi) is 5.86. The molecule has 3 aromatic rings. The minimum atomic E-state index is -0.472. The molecule has 0 unspecified atom stereocenters. The van der Waals surface area contributed by atoms with E-state index in [4.69, 9.17) is 0 Å². The van der Waals surface area contributed by atoms with Crippen molar-refractivity contribution in [3.05, 3.63) is 89.5 Å². The van der Waals surface area contributed by atoms with Crippen LogP contribution in [0.1, 0.15) is 44.0 Å². The van der Waals surface area contributed by atoms with Gasteiger partial charge in [-0.05, 0) is 43.3 Å². The quantitative estimate of drug-likeness (QED) is 0.646. The summed E-state index contributed by atoms with van der Waals surface area (Å²) in [6.45, 7) is 1.71. The summed E-state index contributed by atoms with van der Waals surface area (Å²) in [6, 6.07) is 16.7. The summed E-state index contributed by atoms with van der Waals surface area (Å²) in [5.74, 6) is -0.972. The van der Waals surface area contributed by atoms with Crippen LogP contribution in [0.5, 0.6) is 0 Å². The average Bonchev–Trinajstić information content (AvgIpc) is 2.73. The molecule has 0 fully saturated rings. The smallest absolute Gasteiger partial charge is 0.274 e. The molecule has 0 radical (unpaired) electrons. The van der Waals surface area contributed by atoms with E-state index < -0.39 is 11.8 Å². The first kappa shape index (κ1) is 18.9. The minimum Gasteiger partial charge on any atom is -0.345 e. The molecule has 7 nitrogen and oxygen atoms in total. The van der Waals surface area contributed by atoms with Crippen LogP contribution in [0.3, 0.4) is 0 Å². The van der Waals surface area contributed by atoms with Crippen molar-refractivity contribution in [3.63, 3.8) is 0 Å². The van der Waals surface area contributed by atoms with Gasteiger partial charge in [-0.2, -0.15) is 0 Å². The lowest BCUT2D eigenvalue weighted by molar-refractivity contribution is 0.0944. The van der Waals surface area contributed by atoms with Crippen LogP contribution >= 0.6 is 0 Å². The fourth-order valence-electron chi connectivity index (χ4n) is 2.46. The minimum absolute atomic E-state index is 0.0960. The third-order valence-corrected chi connectivity index (χ3v) is 3.90. The van der Waals surface area contributed by atoms with Crippen molar-refractivity contribution in [1.82, 2.24) is 15.3 Å². The summed E-state index contributed by atoms with van der Waals surface area (Å²) in [5, 5.41) is 5.40. The topological polar surface area (TPSA) is 101 Å². The van der Waals surface area contributed by atoms with Gasteiger partial charge >= 0.3 is 0 Å². The summed E-state index contributed by atoms with van der Waals surface area (Å²) < 4.78 is 0. The second-order valence-corrected chi connectivity index (χ2v) is 6.00. The number of nitrogens with one attached hydrogen (secondary N) is 2. The van der Waals surface area contributed by atoms with Crippen LogP contribution in [0.4, 0.5) is 5.69 Å². The summed E-state index contributed by atoms with van der Waals surface area (Å²) >= 11 is 0. The molecule has 2 aromatic heterocycles. The van der Waals surface area contributed by atoms with Crippen LogP contribution in [0.15, 0.2) is 66.9 Å². The van der Waals surface area contributed by atoms with Crippen LogP contribution in [0.2, 0.25) is 0 Å². The van der Waals surface area contributed by atoms with E-state index in [1.165, 1.54) is 19.1 Å². The van der Waals surface area contributed by atoms with Crippen LogP contribution < -0.4 is 10.6 Å². The summed E-state index contributed by atoms with van der Waals surface area (Å²) in [7, 11) is 0. The Morgan fingerprint density at radius 2 is 1.64 bits per heavy atom. The SMILES string of the molecule is CC(=O)c1cccc(NC(=O)c2cccc(C(=O)NCc3ccccn3)n2)c1. The summed E-state index contributed by atoms with van der Waals surface area (Å²) in [4.78, 5) is 44.5. The highest BCUT2D eigenvalue weighted by atomic mass is 16.2. The van der Waals surface area contributed by atoms with E-state index in [1.807, 2.05) is 6.07 Å². The van der Waals surface area contributed by atoms with Crippen molar-refractivity contribution in [1.29, 1.82) is 0 Å². The molecule has 2 amide bonds. The Labute approximate surface area is 161 Å². The van der Waals surface area contributed by atoms with Gasteiger partial charge in [0.25, 0.3) is 11.8 Å². The van der Waals surface area contributed by atoms with Gasteiger partial charge in [0, 0.05) is 17.4 Å². The number of Topliss-reactive ketones (excluding diaryl/α,β-unsaturated/α-hetero) is 1. The number of pyridine rings is 2. The van der Waals surface area contributed by atoms with Crippen LogP contribution in [0.25, 0.3) is 0 Å². The van der Waals surface area contributed by atoms with Gasteiger partial charge < -0.3 is 10.6 Å². The van der Waals surface area contributed by atoms with E-state index in [9.17, 15) is 14.4 Å². The van der Waals surface area contributed by atoms with Crippen molar-refractivity contribution >= 4 is 23.3 Å².